The van der Waals surface area contributed by atoms with Gasteiger partial charge in [0.15, 0.2) is 0 Å². The summed E-state index contributed by atoms with van der Waals surface area (Å²) in [6.07, 6.45) is 1.53. The number of carbonyl (C=O) groups is 3. The van der Waals surface area contributed by atoms with Gasteiger partial charge in [-0.3, -0.25) is 14.4 Å². The summed E-state index contributed by atoms with van der Waals surface area (Å²) >= 11 is 4.53. The number of hydrogen-bond donors (Lipinski definition) is 6. The molecule has 250 valence electrons. The lowest BCUT2D eigenvalue weighted by atomic mass is 10.0. The van der Waals surface area contributed by atoms with E-state index < -0.39 is 33.8 Å². The van der Waals surface area contributed by atoms with Crippen molar-refractivity contribution < 1.29 is 37.4 Å². The van der Waals surface area contributed by atoms with Gasteiger partial charge >= 0.3 is 5.97 Å². The Morgan fingerprint density at radius 1 is 0.978 bits per heavy atom. The van der Waals surface area contributed by atoms with E-state index in [2.05, 4.69) is 23.3 Å². The lowest BCUT2D eigenvalue weighted by molar-refractivity contribution is -0.137. The number of aliphatic carboxylic acids is 1. The maximum atomic E-state index is 14.9. The Morgan fingerprint density at radius 3 is 2.26 bits per heavy atom. The van der Waals surface area contributed by atoms with Crippen molar-refractivity contribution in [2.75, 3.05) is 13.1 Å². The average Bonchev–Trinajstić information content (AvgIpc) is 3.02. The molecule has 46 heavy (non-hydrogen) atoms. The van der Waals surface area contributed by atoms with Crippen LogP contribution in [0.2, 0.25) is 0 Å². The van der Waals surface area contributed by atoms with Crippen molar-refractivity contribution in [2.24, 2.45) is 0 Å². The first kappa shape index (κ1) is 38.4. The van der Waals surface area contributed by atoms with Crippen LogP contribution in [-0.2, 0) is 37.4 Å². The first-order valence-electron chi connectivity index (χ1n) is 14.9. The third-order valence-electron chi connectivity index (χ3n) is 6.59. The summed E-state index contributed by atoms with van der Waals surface area (Å²) in [6.45, 7) is 4.08. The molecule has 0 aliphatic rings. The van der Waals surface area contributed by atoms with Crippen molar-refractivity contribution in [3.05, 3.63) is 89.7 Å². The van der Waals surface area contributed by atoms with Gasteiger partial charge in [-0.2, -0.15) is 12.6 Å². The Hall–Kier alpha value is -3.78. The second-order valence-electron chi connectivity index (χ2n) is 10.5. The molecule has 10 nitrogen and oxygen atoms in total. The normalized spacial score (nSPS) is 12.3. The molecule has 0 heterocycles. The monoisotopic (exact) mass is 675 g/mol. The maximum Gasteiger partial charge on any atom is 0.303 e. The summed E-state index contributed by atoms with van der Waals surface area (Å²) in [5.74, 6) is -2.44. The first-order valence-corrected chi connectivity index (χ1v) is 16.9. The fraction of sp³-hybridized carbons (Fsp3) is 0.364. The first-order chi connectivity index (χ1) is 21.8. The zero-order chi connectivity index (χ0) is 34.1. The third-order valence-corrected chi connectivity index (χ3v) is 8.36. The molecular weight excluding hydrogens is 634 g/mol. The van der Waals surface area contributed by atoms with Gasteiger partial charge in [0.2, 0.25) is 5.91 Å². The van der Waals surface area contributed by atoms with E-state index in [1.807, 2.05) is 42.0 Å². The second-order valence-corrected chi connectivity index (χ2v) is 12.9. The lowest BCUT2D eigenvalue weighted by Gasteiger charge is -2.14. The summed E-state index contributed by atoms with van der Waals surface area (Å²) in [4.78, 5) is 33.4. The second kappa shape index (κ2) is 19.7. The summed E-state index contributed by atoms with van der Waals surface area (Å²) in [5, 5.41) is 23.3. The number of rotatable bonds is 16. The Labute approximate surface area is 275 Å². The van der Waals surface area contributed by atoms with Gasteiger partial charge < -0.3 is 20.8 Å². The number of amides is 2. The van der Waals surface area contributed by atoms with Crippen molar-refractivity contribution in [3.8, 4) is 11.1 Å². The van der Waals surface area contributed by atoms with E-state index in [1.54, 1.807) is 12.1 Å². The van der Waals surface area contributed by atoms with E-state index in [1.165, 1.54) is 30.3 Å². The molecule has 3 aromatic rings. The molecule has 3 rings (SSSR count). The molecule has 2 atom stereocenters. The predicted molar refractivity (Wildman–Crippen MR) is 178 cm³/mol. The summed E-state index contributed by atoms with van der Waals surface area (Å²) in [6, 6.07) is 20.1. The highest BCUT2D eigenvalue weighted by Crippen LogP contribution is 2.28. The van der Waals surface area contributed by atoms with Crippen LogP contribution < -0.4 is 15.4 Å². The molecule has 0 radical (unpaired) electrons. The van der Waals surface area contributed by atoms with Crippen LogP contribution in [-0.4, -0.2) is 60.9 Å². The highest BCUT2D eigenvalue weighted by molar-refractivity contribution is 7.90. The molecular formula is C33H42FN3O7S2. The van der Waals surface area contributed by atoms with Gasteiger partial charge in [-0.05, 0) is 43.0 Å². The molecule has 13 heteroatoms. The van der Waals surface area contributed by atoms with Crippen LogP contribution in [0.15, 0.2) is 77.7 Å². The number of sulfonamides is 1. The van der Waals surface area contributed by atoms with Gasteiger partial charge in [-0.25, -0.2) is 17.5 Å². The molecule has 5 N–H and O–H groups in total. The molecule has 0 spiro atoms. The summed E-state index contributed by atoms with van der Waals surface area (Å²) in [5.41, 5.74) is 2.00. The zero-order valence-electron chi connectivity index (χ0n) is 25.9. The van der Waals surface area contributed by atoms with E-state index in [-0.39, 0.29) is 34.6 Å². The number of nitrogens with one attached hydrogen (secondary N) is 3. The molecule has 0 aliphatic carbocycles. The van der Waals surface area contributed by atoms with E-state index in [4.69, 9.17) is 5.11 Å². The number of aliphatic hydroxyl groups is 1. The third kappa shape index (κ3) is 13.7. The number of unbranched alkanes of at least 4 members (excludes halogenated alkanes) is 1. The van der Waals surface area contributed by atoms with Crippen LogP contribution in [0.4, 0.5) is 4.39 Å². The fourth-order valence-corrected chi connectivity index (χ4v) is 5.68. The number of carboxylic acid groups (broad SMARTS) is 1. The number of benzene rings is 3. The average molecular weight is 676 g/mol. The van der Waals surface area contributed by atoms with Crippen molar-refractivity contribution in [1.82, 2.24) is 15.4 Å². The van der Waals surface area contributed by atoms with Crippen LogP contribution in [0.3, 0.4) is 0 Å². The molecule has 0 bridgehead atoms. The number of halogens is 1. The zero-order valence-corrected chi connectivity index (χ0v) is 27.6. The fourth-order valence-electron chi connectivity index (χ4n) is 4.10. The maximum absolute atomic E-state index is 14.9. The van der Waals surface area contributed by atoms with Crippen molar-refractivity contribution in [3.63, 3.8) is 0 Å². The van der Waals surface area contributed by atoms with Gasteiger partial charge in [-0.1, -0.05) is 74.0 Å². The van der Waals surface area contributed by atoms with Crippen LogP contribution >= 0.6 is 12.6 Å². The predicted octanol–water partition coefficient (Wildman–Crippen LogP) is 4.08. The van der Waals surface area contributed by atoms with Gasteiger partial charge in [0.1, 0.15) is 11.9 Å². The minimum atomic E-state index is -4.30. The van der Waals surface area contributed by atoms with Crippen LogP contribution in [0, 0.1) is 5.82 Å². The Balaban J connectivity index is 0.000000942. The lowest BCUT2D eigenvalue weighted by Crippen LogP contribution is -2.37. The van der Waals surface area contributed by atoms with Gasteiger partial charge in [-0.15, -0.1) is 0 Å². The number of hydrogen-bond acceptors (Lipinski definition) is 8. The van der Waals surface area contributed by atoms with Crippen molar-refractivity contribution in [1.29, 1.82) is 0 Å². The van der Waals surface area contributed by atoms with Crippen molar-refractivity contribution in [2.45, 2.75) is 68.7 Å². The SMILES string of the molecule is CCCCC(=O)O.C[C@H](O)C(=O)NS(=O)(=O)c1ccccc1-c1ccc(CNCCC(=O)NC[C@H](S)Cc2ccccc2)c(F)c1. The largest absolute Gasteiger partial charge is 0.481 e. The smallest absolute Gasteiger partial charge is 0.303 e. The molecule has 0 unspecified atom stereocenters. The van der Waals surface area contributed by atoms with E-state index >= 15 is 0 Å². The number of carbonyl (C=O) groups excluding carboxylic acids is 2. The highest BCUT2D eigenvalue weighted by Gasteiger charge is 2.24. The molecule has 0 saturated carbocycles. The topological polar surface area (TPSA) is 162 Å². The quantitative estimate of drug-likeness (QED) is 0.0978. The highest BCUT2D eigenvalue weighted by atomic mass is 32.2. The van der Waals surface area contributed by atoms with Gasteiger partial charge in [0.05, 0.1) is 4.90 Å². The Kier molecular flexibility index (Phi) is 16.4. The number of thiol groups is 1. The van der Waals surface area contributed by atoms with E-state index in [9.17, 15) is 32.3 Å². The molecule has 0 aromatic heterocycles. The van der Waals surface area contributed by atoms with Crippen LogP contribution in [0.1, 0.15) is 50.7 Å². The van der Waals surface area contributed by atoms with Crippen LogP contribution in [0.5, 0.6) is 0 Å². The standard InChI is InChI=1S/C28H32FN3O5S2.C5H10O2/c1-19(33)28(35)32-39(36,37)26-10-6-5-9-24(26)21-11-12-22(25(29)16-21)17-30-14-13-27(34)31-18-23(38)15-20-7-3-2-4-8-20;1-2-3-4-5(6)7/h2-12,16,19,23,30,33,38H,13-15,17-18H2,1H3,(H,31,34)(H,32,35);2-4H2,1H3,(H,6,7)/t19-,23+;/m0./s1. The number of carboxylic acids is 1. The molecule has 0 aliphatic heterocycles. The minimum Gasteiger partial charge on any atom is -0.481 e. The number of aliphatic hydroxyl groups excluding tert-OH is 1. The van der Waals surface area contributed by atoms with Gasteiger partial charge in [0.25, 0.3) is 15.9 Å². The molecule has 0 fully saturated rings. The molecule has 3 aromatic carbocycles. The van der Waals surface area contributed by atoms with Crippen LogP contribution in [0.25, 0.3) is 11.1 Å². The van der Waals surface area contributed by atoms with E-state index in [0.29, 0.717) is 30.6 Å². The van der Waals surface area contributed by atoms with E-state index in [0.717, 1.165) is 31.7 Å². The summed E-state index contributed by atoms with van der Waals surface area (Å²) in [7, 11) is -4.30. The molecule has 0 saturated heterocycles. The molecule has 2 amide bonds. The minimum absolute atomic E-state index is 0.00783. The summed E-state index contributed by atoms with van der Waals surface area (Å²) < 4.78 is 42.1. The Morgan fingerprint density at radius 2 is 1.65 bits per heavy atom. The Bertz CT molecular complexity index is 1540. The van der Waals surface area contributed by atoms with Crippen molar-refractivity contribution >= 4 is 40.4 Å². The van der Waals surface area contributed by atoms with Gasteiger partial charge in [0, 0.05) is 48.9 Å².